The second kappa shape index (κ2) is 10.5. The topological polar surface area (TPSA) is 141 Å². The Hall–Kier alpha value is -4.32. The van der Waals surface area contributed by atoms with Crippen LogP contribution in [0.3, 0.4) is 0 Å². The lowest BCUT2D eigenvalue weighted by molar-refractivity contribution is -0.384. The molecule has 34 heavy (non-hydrogen) atoms. The fourth-order valence-electron chi connectivity index (χ4n) is 3.04. The van der Waals surface area contributed by atoms with Crippen LogP contribution in [0.2, 0.25) is 0 Å². The maximum absolute atomic E-state index is 12.8. The first kappa shape index (κ1) is 24.3. The van der Waals surface area contributed by atoms with Gasteiger partial charge in [-0.15, -0.1) is 0 Å². The van der Waals surface area contributed by atoms with Crippen molar-refractivity contribution in [1.82, 2.24) is 0 Å². The van der Waals surface area contributed by atoms with Crippen LogP contribution in [-0.2, 0) is 10.0 Å². The fourth-order valence-corrected chi connectivity index (χ4v) is 4.13. The number of nitrogens with zero attached hydrogens (tertiary/aromatic N) is 2. The summed E-state index contributed by atoms with van der Waals surface area (Å²) in [5, 5.41) is 15.6. The third-order valence-corrected chi connectivity index (χ3v) is 6.01. The lowest BCUT2D eigenvalue weighted by Crippen LogP contribution is -2.14. The monoisotopic (exact) mass is 486 g/mol. The minimum absolute atomic E-state index is 0.000598. The van der Waals surface area contributed by atoms with Crippen LogP contribution in [-0.4, -0.2) is 40.9 Å². The molecule has 178 valence electrons. The van der Waals surface area contributed by atoms with Gasteiger partial charge in [-0.3, -0.25) is 20.3 Å². The highest BCUT2D eigenvalue weighted by Gasteiger charge is 2.22. The summed E-state index contributed by atoms with van der Waals surface area (Å²) in [5.74, 6) is 1.24. The molecule has 0 saturated carbocycles. The van der Waals surface area contributed by atoms with Crippen LogP contribution in [0.25, 0.3) is 0 Å². The number of hydrazone groups is 1. The number of hydrogen-bond acceptors (Lipinski definition) is 9. The second-order valence-corrected chi connectivity index (χ2v) is 8.38. The summed E-state index contributed by atoms with van der Waals surface area (Å²) < 4.78 is 43.7. The molecule has 0 aliphatic carbocycles. The van der Waals surface area contributed by atoms with Crippen molar-refractivity contribution in [1.29, 1.82) is 0 Å². The molecule has 11 nitrogen and oxygen atoms in total. The van der Waals surface area contributed by atoms with Gasteiger partial charge < -0.3 is 14.2 Å². The van der Waals surface area contributed by atoms with Gasteiger partial charge in [-0.2, -0.15) is 5.10 Å². The molecular formula is C22H22N4O7S. The molecule has 0 bridgehead atoms. The van der Waals surface area contributed by atoms with Gasteiger partial charge in [0.1, 0.15) is 11.4 Å². The van der Waals surface area contributed by atoms with Gasteiger partial charge in [0.15, 0.2) is 11.5 Å². The van der Waals surface area contributed by atoms with Gasteiger partial charge in [0.25, 0.3) is 15.7 Å². The molecule has 0 unspecified atom stereocenters. The van der Waals surface area contributed by atoms with E-state index in [-0.39, 0.29) is 16.3 Å². The van der Waals surface area contributed by atoms with E-state index >= 15 is 0 Å². The number of methoxy groups -OCH3 is 3. The minimum atomic E-state index is -4.13. The summed E-state index contributed by atoms with van der Waals surface area (Å²) in [6.07, 6.45) is 1.40. The summed E-state index contributed by atoms with van der Waals surface area (Å²) in [6, 6.07) is 15.0. The average Bonchev–Trinajstić information content (AvgIpc) is 2.83. The van der Waals surface area contributed by atoms with Crippen LogP contribution < -0.4 is 24.4 Å². The van der Waals surface area contributed by atoms with Gasteiger partial charge in [0.2, 0.25) is 0 Å². The summed E-state index contributed by atoms with van der Waals surface area (Å²) >= 11 is 0. The van der Waals surface area contributed by atoms with E-state index < -0.39 is 20.6 Å². The molecule has 0 saturated heterocycles. The summed E-state index contributed by atoms with van der Waals surface area (Å²) in [6.45, 7) is 0. The highest BCUT2D eigenvalue weighted by atomic mass is 32.2. The minimum Gasteiger partial charge on any atom is -0.495 e. The first-order valence-corrected chi connectivity index (χ1v) is 11.2. The zero-order valence-electron chi connectivity index (χ0n) is 18.5. The first-order valence-electron chi connectivity index (χ1n) is 9.75. The Balaban J connectivity index is 1.88. The predicted octanol–water partition coefficient (Wildman–Crippen LogP) is 3.87. The van der Waals surface area contributed by atoms with Crippen LogP contribution in [0.5, 0.6) is 17.2 Å². The molecule has 3 aromatic rings. The molecule has 0 spiro atoms. The molecule has 0 amide bonds. The van der Waals surface area contributed by atoms with Crippen molar-refractivity contribution in [2.24, 2.45) is 5.10 Å². The number of para-hydroxylation sites is 3. The number of benzene rings is 3. The van der Waals surface area contributed by atoms with Crippen LogP contribution in [0.1, 0.15) is 5.56 Å². The molecule has 0 radical (unpaired) electrons. The third-order valence-electron chi connectivity index (χ3n) is 4.65. The van der Waals surface area contributed by atoms with Gasteiger partial charge in [-0.05, 0) is 36.4 Å². The molecule has 3 aromatic carbocycles. The molecule has 0 aliphatic heterocycles. The van der Waals surface area contributed by atoms with E-state index in [0.717, 1.165) is 6.07 Å². The van der Waals surface area contributed by atoms with Crippen molar-refractivity contribution in [2.75, 3.05) is 31.5 Å². The largest absolute Gasteiger partial charge is 0.495 e. The lowest BCUT2D eigenvalue weighted by Gasteiger charge is -2.12. The van der Waals surface area contributed by atoms with E-state index in [2.05, 4.69) is 15.2 Å². The van der Waals surface area contributed by atoms with Gasteiger partial charge in [-0.1, -0.05) is 18.2 Å². The van der Waals surface area contributed by atoms with Crippen molar-refractivity contribution in [3.05, 3.63) is 76.3 Å². The number of rotatable bonds is 10. The number of nitro benzene ring substituents is 1. The van der Waals surface area contributed by atoms with Gasteiger partial charge in [-0.25, -0.2) is 8.42 Å². The number of anilines is 2. The maximum atomic E-state index is 12.8. The Kier molecular flexibility index (Phi) is 7.53. The molecule has 0 aliphatic rings. The zero-order chi connectivity index (χ0) is 24.7. The molecule has 0 fully saturated rings. The van der Waals surface area contributed by atoms with E-state index in [0.29, 0.717) is 22.8 Å². The van der Waals surface area contributed by atoms with Crippen LogP contribution >= 0.6 is 0 Å². The zero-order valence-corrected chi connectivity index (χ0v) is 19.3. The molecule has 0 heterocycles. The van der Waals surface area contributed by atoms with E-state index in [1.54, 1.807) is 36.4 Å². The Morgan fingerprint density at radius 2 is 1.62 bits per heavy atom. The van der Waals surface area contributed by atoms with Crippen LogP contribution in [0, 0.1) is 10.1 Å². The highest BCUT2D eigenvalue weighted by molar-refractivity contribution is 7.92. The predicted molar refractivity (Wildman–Crippen MR) is 128 cm³/mol. The lowest BCUT2D eigenvalue weighted by atomic mass is 10.2. The Morgan fingerprint density at radius 3 is 2.29 bits per heavy atom. The Labute approximate surface area is 196 Å². The van der Waals surface area contributed by atoms with E-state index in [1.807, 2.05) is 0 Å². The first-order chi connectivity index (χ1) is 16.3. The van der Waals surface area contributed by atoms with Gasteiger partial charge in [0.05, 0.1) is 43.1 Å². The standard InChI is InChI=1S/C22H22N4O7S/c1-31-20-9-5-4-8-18(20)25-34(29,30)16-11-12-17(19(13-16)26(27)28)24-23-14-15-7-6-10-21(32-2)22(15)33-3/h4-14,24-25H,1-3H3/b23-14+. The molecule has 2 N–H and O–H groups in total. The van der Waals surface area contributed by atoms with Crippen molar-refractivity contribution in [2.45, 2.75) is 4.90 Å². The quantitative estimate of drug-likeness (QED) is 0.250. The highest BCUT2D eigenvalue weighted by Crippen LogP contribution is 2.32. The van der Waals surface area contributed by atoms with Crippen molar-refractivity contribution >= 4 is 33.3 Å². The number of nitrogens with one attached hydrogen (secondary N) is 2. The van der Waals surface area contributed by atoms with Crippen LogP contribution in [0.4, 0.5) is 17.1 Å². The molecule has 0 aromatic heterocycles. The van der Waals surface area contributed by atoms with Crippen molar-refractivity contribution in [3.63, 3.8) is 0 Å². The maximum Gasteiger partial charge on any atom is 0.295 e. The van der Waals surface area contributed by atoms with E-state index in [4.69, 9.17) is 14.2 Å². The molecule has 12 heteroatoms. The van der Waals surface area contributed by atoms with Crippen molar-refractivity contribution < 1.29 is 27.6 Å². The normalized spacial score (nSPS) is 11.1. The Morgan fingerprint density at radius 1 is 0.912 bits per heavy atom. The fraction of sp³-hybridized carbons (Fsp3) is 0.136. The number of sulfonamides is 1. The molecule has 3 rings (SSSR count). The average molecular weight is 487 g/mol. The second-order valence-electron chi connectivity index (χ2n) is 6.69. The number of ether oxygens (including phenoxy) is 3. The third kappa shape index (κ3) is 5.35. The van der Waals surface area contributed by atoms with E-state index in [1.165, 1.54) is 45.7 Å². The van der Waals surface area contributed by atoms with Gasteiger partial charge >= 0.3 is 0 Å². The number of hydrogen-bond donors (Lipinski definition) is 2. The SMILES string of the molecule is COc1ccccc1NS(=O)(=O)c1ccc(N/N=C/c2cccc(OC)c2OC)c([N+](=O)[O-])c1. The smallest absolute Gasteiger partial charge is 0.295 e. The Bertz CT molecular complexity index is 1330. The molecule has 0 atom stereocenters. The van der Waals surface area contributed by atoms with Crippen molar-refractivity contribution in [3.8, 4) is 17.2 Å². The number of nitro groups is 1. The van der Waals surface area contributed by atoms with Crippen LogP contribution in [0.15, 0.2) is 70.7 Å². The molecular weight excluding hydrogens is 464 g/mol. The van der Waals surface area contributed by atoms with Gasteiger partial charge in [0, 0.05) is 11.6 Å². The summed E-state index contributed by atoms with van der Waals surface area (Å²) in [7, 11) is 0.249. The summed E-state index contributed by atoms with van der Waals surface area (Å²) in [5.41, 5.74) is 2.87. The summed E-state index contributed by atoms with van der Waals surface area (Å²) in [4.78, 5) is 10.6. The van der Waals surface area contributed by atoms with E-state index in [9.17, 15) is 18.5 Å².